The summed E-state index contributed by atoms with van der Waals surface area (Å²) < 4.78 is 0. The van der Waals surface area contributed by atoms with Gasteiger partial charge in [-0.2, -0.15) is 0 Å². The fourth-order valence-corrected chi connectivity index (χ4v) is 3.96. The summed E-state index contributed by atoms with van der Waals surface area (Å²) in [6.45, 7) is 4.67. The van der Waals surface area contributed by atoms with Crippen molar-refractivity contribution in [2.24, 2.45) is 5.92 Å². The molecule has 27 heavy (non-hydrogen) atoms. The Balaban J connectivity index is 1.51. The topological polar surface area (TPSA) is 108 Å². The Labute approximate surface area is 156 Å². The number of amides is 4. The van der Waals surface area contributed by atoms with Crippen LogP contribution in [0.4, 0.5) is 0 Å². The Morgan fingerprint density at radius 3 is 2.59 bits per heavy atom. The Morgan fingerprint density at radius 1 is 1.11 bits per heavy atom. The Bertz CT molecular complexity index is 837. The van der Waals surface area contributed by atoms with Crippen molar-refractivity contribution in [2.75, 3.05) is 13.1 Å². The Morgan fingerprint density at radius 2 is 1.89 bits per heavy atom. The third-order valence-corrected chi connectivity index (χ3v) is 5.59. The van der Waals surface area contributed by atoms with Crippen LogP contribution in [0.1, 0.15) is 46.0 Å². The number of fused-ring (bicyclic) bond motifs is 1. The van der Waals surface area contributed by atoms with E-state index in [2.05, 4.69) is 22.9 Å². The molecule has 3 aliphatic rings. The average molecular weight is 370 g/mol. The fourth-order valence-electron chi connectivity index (χ4n) is 3.96. The lowest BCUT2D eigenvalue weighted by Crippen LogP contribution is -2.54. The molecule has 1 unspecified atom stereocenters. The standard InChI is InChI=1S/C19H22N4O4/c1-10-7-20-9-14(10)21-8-11-2-3-12-13(6-11)19(27)23(18(12)26)15-4-5-16(24)22-17(15)25/h2-3,6,10,14-15,20-21H,4-5,7-9H2,1H3,(H,22,24,25)/t10-,14-,15?/m1/s1. The van der Waals surface area contributed by atoms with E-state index in [9.17, 15) is 19.2 Å². The molecular weight excluding hydrogens is 348 g/mol. The van der Waals surface area contributed by atoms with Crippen LogP contribution in [0.5, 0.6) is 0 Å². The van der Waals surface area contributed by atoms with E-state index in [1.54, 1.807) is 12.1 Å². The van der Waals surface area contributed by atoms with E-state index in [0.29, 0.717) is 29.6 Å². The van der Waals surface area contributed by atoms with Crippen LogP contribution < -0.4 is 16.0 Å². The van der Waals surface area contributed by atoms with Crippen LogP contribution >= 0.6 is 0 Å². The SMILES string of the molecule is C[C@@H]1CNC[C@H]1NCc1ccc2c(c1)C(=O)N(C1CCC(=O)NC1=O)C2=O. The molecule has 2 saturated heterocycles. The van der Waals surface area contributed by atoms with Gasteiger partial charge in [0.15, 0.2) is 0 Å². The molecule has 3 heterocycles. The summed E-state index contributed by atoms with van der Waals surface area (Å²) in [5, 5.41) is 9.01. The largest absolute Gasteiger partial charge is 0.315 e. The number of benzene rings is 1. The van der Waals surface area contributed by atoms with Gasteiger partial charge in [-0.1, -0.05) is 13.0 Å². The van der Waals surface area contributed by atoms with Gasteiger partial charge in [-0.15, -0.1) is 0 Å². The first-order valence-corrected chi connectivity index (χ1v) is 9.24. The number of nitrogens with zero attached hydrogens (tertiary/aromatic N) is 1. The summed E-state index contributed by atoms with van der Waals surface area (Å²) in [6, 6.07) is 4.64. The van der Waals surface area contributed by atoms with E-state index in [-0.39, 0.29) is 18.7 Å². The van der Waals surface area contributed by atoms with Crippen molar-refractivity contribution in [1.82, 2.24) is 20.9 Å². The zero-order valence-corrected chi connectivity index (χ0v) is 15.1. The number of hydrogen-bond donors (Lipinski definition) is 3. The zero-order chi connectivity index (χ0) is 19.1. The molecule has 3 atom stereocenters. The fraction of sp³-hybridized carbons (Fsp3) is 0.474. The van der Waals surface area contributed by atoms with Crippen LogP contribution in [-0.2, 0) is 16.1 Å². The number of piperidine rings is 1. The lowest BCUT2D eigenvalue weighted by atomic mass is 10.0. The predicted molar refractivity (Wildman–Crippen MR) is 95.8 cm³/mol. The van der Waals surface area contributed by atoms with E-state index in [1.807, 2.05) is 6.07 Å². The number of carbonyl (C=O) groups is 4. The molecule has 0 aromatic heterocycles. The predicted octanol–water partition coefficient (Wildman–Crippen LogP) is -0.215. The van der Waals surface area contributed by atoms with Gasteiger partial charge in [0, 0.05) is 25.6 Å². The second-order valence-corrected chi connectivity index (χ2v) is 7.45. The molecule has 142 valence electrons. The van der Waals surface area contributed by atoms with Crippen LogP contribution in [0, 0.1) is 5.92 Å². The van der Waals surface area contributed by atoms with Gasteiger partial charge in [0.05, 0.1) is 11.1 Å². The highest BCUT2D eigenvalue weighted by atomic mass is 16.2. The normalized spacial score (nSPS) is 27.9. The second kappa shape index (κ2) is 6.86. The van der Waals surface area contributed by atoms with Gasteiger partial charge >= 0.3 is 0 Å². The van der Waals surface area contributed by atoms with Crippen LogP contribution in [0.2, 0.25) is 0 Å². The minimum atomic E-state index is -0.929. The maximum atomic E-state index is 12.8. The van der Waals surface area contributed by atoms with Crippen molar-refractivity contribution in [1.29, 1.82) is 0 Å². The van der Waals surface area contributed by atoms with Crippen LogP contribution in [0.3, 0.4) is 0 Å². The first-order chi connectivity index (χ1) is 13.0. The third-order valence-electron chi connectivity index (χ3n) is 5.59. The number of hydrogen-bond acceptors (Lipinski definition) is 6. The van der Waals surface area contributed by atoms with Gasteiger partial charge in [0.1, 0.15) is 6.04 Å². The van der Waals surface area contributed by atoms with E-state index < -0.39 is 23.8 Å². The molecule has 3 N–H and O–H groups in total. The molecule has 4 rings (SSSR count). The van der Waals surface area contributed by atoms with E-state index in [0.717, 1.165) is 23.6 Å². The summed E-state index contributed by atoms with van der Waals surface area (Å²) in [5.41, 5.74) is 1.55. The van der Waals surface area contributed by atoms with Crippen molar-refractivity contribution in [3.63, 3.8) is 0 Å². The summed E-state index contributed by atoms with van der Waals surface area (Å²) in [4.78, 5) is 49.9. The lowest BCUT2D eigenvalue weighted by molar-refractivity contribution is -0.136. The molecule has 8 heteroatoms. The van der Waals surface area contributed by atoms with Gasteiger partial charge < -0.3 is 10.6 Å². The van der Waals surface area contributed by atoms with Crippen molar-refractivity contribution in [3.8, 4) is 0 Å². The minimum Gasteiger partial charge on any atom is -0.315 e. The number of imide groups is 2. The monoisotopic (exact) mass is 370 g/mol. The third kappa shape index (κ3) is 3.15. The number of nitrogens with one attached hydrogen (secondary N) is 3. The van der Waals surface area contributed by atoms with E-state index in [1.165, 1.54) is 0 Å². The zero-order valence-electron chi connectivity index (χ0n) is 15.1. The Kier molecular flexibility index (Phi) is 4.53. The quantitative estimate of drug-likeness (QED) is 0.633. The summed E-state index contributed by atoms with van der Waals surface area (Å²) in [5.74, 6) is -1.38. The van der Waals surface area contributed by atoms with Crippen molar-refractivity contribution >= 4 is 23.6 Å². The highest BCUT2D eigenvalue weighted by Crippen LogP contribution is 2.28. The molecule has 0 aliphatic carbocycles. The first-order valence-electron chi connectivity index (χ1n) is 9.24. The molecule has 1 aromatic carbocycles. The molecule has 0 saturated carbocycles. The maximum absolute atomic E-state index is 12.8. The van der Waals surface area contributed by atoms with E-state index >= 15 is 0 Å². The molecule has 0 radical (unpaired) electrons. The van der Waals surface area contributed by atoms with Gasteiger partial charge in [-0.25, -0.2) is 0 Å². The highest BCUT2D eigenvalue weighted by Gasteiger charge is 2.44. The summed E-state index contributed by atoms with van der Waals surface area (Å²) in [6.07, 6.45) is 0.281. The average Bonchev–Trinajstić information content (AvgIpc) is 3.15. The van der Waals surface area contributed by atoms with Crippen LogP contribution in [-0.4, -0.2) is 53.7 Å². The van der Waals surface area contributed by atoms with Gasteiger partial charge in [0.25, 0.3) is 11.8 Å². The smallest absolute Gasteiger partial charge is 0.262 e. The van der Waals surface area contributed by atoms with Gasteiger partial charge in [0.2, 0.25) is 11.8 Å². The lowest BCUT2D eigenvalue weighted by Gasteiger charge is -2.27. The van der Waals surface area contributed by atoms with Crippen LogP contribution in [0.15, 0.2) is 18.2 Å². The molecular formula is C19H22N4O4. The maximum Gasteiger partial charge on any atom is 0.262 e. The van der Waals surface area contributed by atoms with Crippen LogP contribution in [0.25, 0.3) is 0 Å². The van der Waals surface area contributed by atoms with Crippen molar-refractivity contribution in [2.45, 2.75) is 38.4 Å². The molecule has 3 aliphatic heterocycles. The highest BCUT2D eigenvalue weighted by molar-refractivity contribution is 6.23. The summed E-state index contributed by atoms with van der Waals surface area (Å²) >= 11 is 0. The molecule has 1 aromatic rings. The summed E-state index contributed by atoms with van der Waals surface area (Å²) in [7, 11) is 0. The second-order valence-electron chi connectivity index (χ2n) is 7.45. The molecule has 0 spiro atoms. The molecule has 4 amide bonds. The first kappa shape index (κ1) is 17.8. The molecule has 2 fully saturated rings. The number of rotatable bonds is 4. The van der Waals surface area contributed by atoms with E-state index in [4.69, 9.17) is 0 Å². The number of carbonyl (C=O) groups excluding carboxylic acids is 4. The molecule has 8 nitrogen and oxygen atoms in total. The van der Waals surface area contributed by atoms with Crippen molar-refractivity contribution < 1.29 is 19.2 Å². The molecule has 0 bridgehead atoms. The van der Waals surface area contributed by atoms with Crippen molar-refractivity contribution in [3.05, 3.63) is 34.9 Å². The Hall–Kier alpha value is -2.58. The van der Waals surface area contributed by atoms with Gasteiger partial charge in [-0.05, 0) is 36.6 Å². The minimum absolute atomic E-state index is 0.118. The van der Waals surface area contributed by atoms with Gasteiger partial charge in [-0.3, -0.25) is 29.4 Å².